The summed E-state index contributed by atoms with van der Waals surface area (Å²) >= 11 is 0. The van der Waals surface area contributed by atoms with Crippen molar-refractivity contribution in [1.82, 2.24) is 9.80 Å². The van der Waals surface area contributed by atoms with Crippen LogP contribution >= 0.6 is 0 Å². The zero-order chi connectivity index (χ0) is 29.4. The Balaban J connectivity index is 1.23. The third-order valence-electron chi connectivity index (χ3n) is 7.71. The van der Waals surface area contributed by atoms with Gasteiger partial charge in [-0.1, -0.05) is 36.4 Å². The van der Waals surface area contributed by atoms with Gasteiger partial charge in [0.25, 0.3) is 5.91 Å². The maximum absolute atomic E-state index is 13.2. The van der Waals surface area contributed by atoms with Gasteiger partial charge in [0.05, 0.1) is 5.56 Å². The largest absolute Gasteiger partial charge is 0.471 e. The number of anilines is 1. The summed E-state index contributed by atoms with van der Waals surface area (Å²) in [5.41, 5.74) is 3.26. The van der Waals surface area contributed by atoms with E-state index >= 15 is 0 Å². The molecule has 0 aliphatic carbocycles. The SMILES string of the molecule is O=C(Nc1ccc2c(c1)CCN(C1CCN(C(=O)C(F)(F)F)CC1)C2)c1ccccc1-c1ccc(C(F)(F)F)cc1. The number of carbonyl (C=O) groups is 2. The fraction of sp³-hybridized carbons (Fsp3) is 0.333. The second-order valence-corrected chi connectivity index (χ2v) is 10.3. The number of halogens is 6. The van der Waals surface area contributed by atoms with E-state index < -0.39 is 29.7 Å². The van der Waals surface area contributed by atoms with E-state index in [-0.39, 0.29) is 19.1 Å². The number of hydrogen-bond acceptors (Lipinski definition) is 3. The predicted octanol–water partition coefficient (Wildman–Crippen LogP) is 6.54. The molecule has 3 aromatic rings. The van der Waals surface area contributed by atoms with Gasteiger partial charge in [0, 0.05) is 43.5 Å². The molecule has 216 valence electrons. The van der Waals surface area contributed by atoms with E-state index in [0.717, 1.165) is 28.2 Å². The molecule has 1 saturated heterocycles. The smallest absolute Gasteiger partial charge is 0.335 e. The molecule has 1 N–H and O–H groups in total. The molecule has 2 aliphatic heterocycles. The number of nitrogens with zero attached hydrogens (tertiary/aromatic N) is 2. The highest BCUT2D eigenvalue weighted by Gasteiger charge is 2.43. The van der Waals surface area contributed by atoms with Gasteiger partial charge in [-0.15, -0.1) is 0 Å². The fourth-order valence-corrected chi connectivity index (χ4v) is 5.55. The maximum Gasteiger partial charge on any atom is 0.471 e. The first-order valence-electron chi connectivity index (χ1n) is 13.2. The first kappa shape index (κ1) is 28.7. The minimum Gasteiger partial charge on any atom is -0.335 e. The third kappa shape index (κ3) is 6.40. The lowest BCUT2D eigenvalue weighted by Gasteiger charge is -2.40. The molecule has 5 nitrogen and oxygen atoms in total. The van der Waals surface area contributed by atoms with E-state index in [1.807, 2.05) is 12.1 Å². The summed E-state index contributed by atoms with van der Waals surface area (Å²) < 4.78 is 77.1. The molecule has 1 fully saturated rings. The molecule has 0 bridgehead atoms. The summed E-state index contributed by atoms with van der Waals surface area (Å²) in [6.07, 6.45) is -7.65. The van der Waals surface area contributed by atoms with E-state index in [4.69, 9.17) is 0 Å². The Kier molecular flexibility index (Phi) is 7.83. The zero-order valence-corrected chi connectivity index (χ0v) is 21.9. The van der Waals surface area contributed by atoms with Crippen LogP contribution in [0.3, 0.4) is 0 Å². The van der Waals surface area contributed by atoms with Crippen molar-refractivity contribution in [2.45, 2.75) is 44.2 Å². The Labute approximate surface area is 232 Å². The van der Waals surface area contributed by atoms with Gasteiger partial charge in [0.15, 0.2) is 0 Å². The van der Waals surface area contributed by atoms with Crippen molar-refractivity contribution in [1.29, 1.82) is 0 Å². The highest BCUT2D eigenvalue weighted by molar-refractivity contribution is 6.08. The number of rotatable bonds is 4. The standard InChI is InChI=1S/C30H27F6N3O2/c31-29(32,33)22-8-5-19(6-9-22)25-3-1-2-4-26(25)27(40)37-23-10-7-21-18-39(14-11-20(21)17-23)24-12-15-38(16-13-24)28(41)30(34,35)36/h1-10,17,24H,11-16,18H2,(H,37,40). The average Bonchev–Trinajstić information content (AvgIpc) is 2.95. The summed E-state index contributed by atoms with van der Waals surface area (Å²) in [6, 6.07) is 17.1. The van der Waals surface area contributed by atoms with E-state index in [0.29, 0.717) is 54.7 Å². The minimum atomic E-state index is -4.85. The molecule has 5 rings (SSSR count). The summed E-state index contributed by atoms with van der Waals surface area (Å²) in [7, 11) is 0. The second kappa shape index (κ2) is 11.2. The number of fused-ring (bicyclic) bond motifs is 1. The van der Waals surface area contributed by atoms with Gasteiger partial charge in [0.2, 0.25) is 0 Å². The van der Waals surface area contributed by atoms with Gasteiger partial charge in [-0.2, -0.15) is 26.3 Å². The van der Waals surface area contributed by atoms with Gasteiger partial charge in [-0.25, -0.2) is 0 Å². The van der Waals surface area contributed by atoms with Crippen molar-refractivity contribution in [3.63, 3.8) is 0 Å². The number of likely N-dealkylation sites (tertiary alicyclic amines) is 1. The fourth-order valence-electron chi connectivity index (χ4n) is 5.55. The predicted molar refractivity (Wildman–Crippen MR) is 141 cm³/mol. The molecule has 11 heteroatoms. The van der Waals surface area contributed by atoms with E-state index in [2.05, 4.69) is 10.2 Å². The van der Waals surface area contributed by atoms with Gasteiger partial charge >= 0.3 is 18.3 Å². The van der Waals surface area contributed by atoms with Crippen LogP contribution in [-0.4, -0.2) is 53.5 Å². The Morgan fingerprint density at radius 3 is 2.15 bits per heavy atom. The molecule has 0 atom stereocenters. The molecule has 3 aromatic carbocycles. The van der Waals surface area contributed by atoms with Gasteiger partial charge < -0.3 is 10.2 Å². The monoisotopic (exact) mass is 575 g/mol. The van der Waals surface area contributed by atoms with Crippen LogP contribution in [-0.2, 0) is 23.9 Å². The molecule has 0 aromatic heterocycles. The van der Waals surface area contributed by atoms with Crippen LogP contribution < -0.4 is 5.32 Å². The lowest BCUT2D eigenvalue weighted by atomic mass is 9.94. The molecule has 0 radical (unpaired) electrons. The molecular formula is C30H27F6N3O2. The van der Waals surface area contributed by atoms with Crippen molar-refractivity contribution < 1.29 is 35.9 Å². The molecule has 41 heavy (non-hydrogen) atoms. The van der Waals surface area contributed by atoms with Crippen LogP contribution in [0.1, 0.15) is 39.9 Å². The number of carbonyl (C=O) groups excluding carboxylic acids is 2. The number of piperidine rings is 1. The van der Waals surface area contributed by atoms with E-state index in [9.17, 15) is 35.9 Å². The van der Waals surface area contributed by atoms with Crippen molar-refractivity contribution >= 4 is 17.5 Å². The molecule has 0 saturated carbocycles. The molecule has 2 heterocycles. The first-order chi connectivity index (χ1) is 19.4. The highest BCUT2D eigenvalue weighted by Crippen LogP contribution is 2.33. The second-order valence-electron chi connectivity index (χ2n) is 10.3. The van der Waals surface area contributed by atoms with Gasteiger partial charge in [-0.05, 0) is 71.8 Å². The molecule has 0 spiro atoms. The van der Waals surface area contributed by atoms with Crippen LogP contribution in [0, 0.1) is 0 Å². The van der Waals surface area contributed by atoms with Gasteiger partial charge in [-0.3, -0.25) is 14.5 Å². The quantitative estimate of drug-likeness (QED) is 0.360. The zero-order valence-electron chi connectivity index (χ0n) is 21.9. The molecule has 2 amide bonds. The lowest BCUT2D eigenvalue weighted by molar-refractivity contribution is -0.186. The topological polar surface area (TPSA) is 52.7 Å². The Hall–Kier alpha value is -3.86. The lowest BCUT2D eigenvalue weighted by Crippen LogP contribution is -2.50. The normalized spacial score (nSPS) is 16.8. The minimum absolute atomic E-state index is 0.0747. The van der Waals surface area contributed by atoms with Crippen LogP contribution in [0.2, 0.25) is 0 Å². The summed E-state index contributed by atoms with van der Waals surface area (Å²) in [6.45, 7) is 1.48. The summed E-state index contributed by atoms with van der Waals surface area (Å²) in [5.74, 6) is -2.17. The Bertz CT molecular complexity index is 1430. The number of amides is 2. The highest BCUT2D eigenvalue weighted by atomic mass is 19.4. The molecular weight excluding hydrogens is 548 g/mol. The van der Waals surface area contributed by atoms with Crippen molar-refractivity contribution in [2.75, 3.05) is 25.0 Å². The van der Waals surface area contributed by atoms with Crippen LogP contribution in [0.5, 0.6) is 0 Å². The van der Waals surface area contributed by atoms with E-state index in [1.165, 1.54) is 12.1 Å². The van der Waals surface area contributed by atoms with E-state index in [1.54, 1.807) is 30.3 Å². The third-order valence-corrected chi connectivity index (χ3v) is 7.71. The van der Waals surface area contributed by atoms with Crippen molar-refractivity contribution in [2.24, 2.45) is 0 Å². The van der Waals surface area contributed by atoms with Crippen LogP contribution in [0.25, 0.3) is 11.1 Å². The number of benzene rings is 3. The van der Waals surface area contributed by atoms with Crippen LogP contribution in [0.4, 0.5) is 32.0 Å². The number of hydrogen-bond donors (Lipinski definition) is 1. The first-order valence-corrected chi connectivity index (χ1v) is 13.2. The van der Waals surface area contributed by atoms with Crippen molar-refractivity contribution in [3.8, 4) is 11.1 Å². The Morgan fingerprint density at radius 2 is 1.49 bits per heavy atom. The molecule has 0 unspecified atom stereocenters. The van der Waals surface area contributed by atoms with Gasteiger partial charge in [0.1, 0.15) is 0 Å². The number of nitrogens with one attached hydrogen (secondary N) is 1. The van der Waals surface area contributed by atoms with Crippen LogP contribution in [0.15, 0.2) is 66.7 Å². The maximum atomic E-state index is 13.2. The molecule has 2 aliphatic rings. The van der Waals surface area contributed by atoms with Crippen molar-refractivity contribution in [3.05, 3.63) is 89.0 Å². The summed E-state index contributed by atoms with van der Waals surface area (Å²) in [5, 5.41) is 2.89. The number of alkyl halides is 6. The Morgan fingerprint density at radius 1 is 0.805 bits per heavy atom. The average molecular weight is 576 g/mol. The summed E-state index contributed by atoms with van der Waals surface area (Å²) in [4.78, 5) is 27.8.